The quantitative estimate of drug-likeness (QED) is 0.499. The highest BCUT2D eigenvalue weighted by Crippen LogP contribution is 2.30. The molecule has 0 bridgehead atoms. The van der Waals surface area contributed by atoms with Gasteiger partial charge in [0, 0.05) is 16.6 Å². The standard InChI is InChI=1S/C23H17ClF3N3O2/c24-17-8-6-16(7-9-17)21-20(15-4-2-1-3-5-15)14-30(29-21)22(31)28-18-10-12-19(13-11-18)32-23(25,26)27/h1-13,20H,14H2,(H,28,31). The van der Waals surface area contributed by atoms with Crippen LogP contribution in [0.1, 0.15) is 17.0 Å². The van der Waals surface area contributed by atoms with E-state index in [1.165, 1.54) is 17.1 Å². The Morgan fingerprint density at radius 1 is 1.00 bits per heavy atom. The van der Waals surface area contributed by atoms with E-state index in [0.29, 0.717) is 17.3 Å². The van der Waals surface area contributed by atoms with Crippen molar-refractivity contribution in [1.29, 1.82) is 0 Å². The molecule has 164 valence electrons. The minimum atomic E-state index is -4.78. The Balaban J connectivity index is 1.53. The molecule has 0 saturated carbocycles. The van der Waals surface area contributed by atoms with Crippen molar-refractivity contribution in [3.63, 3.8) is 0 Å². The third-order valence-electron chi connectivity index (χ3n) is 4.83. The first-order chi connectivity index (χ1) is 15.3. The first-order valence-electron chi connectivity index (χ1n) is 9.62. The van der Waals surface area contributed by atoms with Crippen LogP contribution in [0, 0.1) is 0 Å². The van der Waals surface area contributed by atoms with Gasteiger partial charge in [-0.05, 0) is 47.5 Å². The highest BCUT2D eigenvalue weighted by Gasteiger charge is 2.33. The zero-order valence-electron chi connectivity index (χ0n) is 16.5. The van der Waals surface area contributed by atoms with E-state index in [1.54, 1.807) is 12.1 Å². The molecule has 2 amide bonds. The number of carbonyl (C=O) groups excluding carboxylic acids is 1. The van der Waals surface area contributed by atoms with Crippen LogP contribution in [0.25, 0.3) is 0 Å². The minimum Gasteiger partial charge on any atom is -0.406 e. The smallest absolute Gasteiger partial charge is 0.406 e. The molecule has 1 aliphatic rings. The molecule has 3 aromatic rings. The zero-order chi connectivity index (χ0) is 22.7. The van der Waals surface area contributed by atoms with Crippen LogP contribution >= 0.6 is 11.6 Å². The maximum absolute atomic E-state index is 12.8. The lowest BCUT2D eigenvalue weighted by atomic mass is 9.91. The third-order valence-corrected chi connectivity index (χ3v) is 5.08. The number of hydrazone groups is 1. The first kappa shape index (κ1) is 21.7. The van der Waals surface area contributed by atoms with Crippen molar-refractivity contribution >= 4 is 29.0 Å². The van der Waals surface area contributed by atoms with Gasteiger partial charge in [0.1, 0.15) is 5.75 Å². The molecule has 4 rings (SSSR count). The number of carbonyl (C=O) groups is 1. The molecule has 1 unspecified atom stereocenters. The maximum atomic E-state index is 12.8. The molecule has 32 heavy (non-hydrogen) atoms. The first-order valence-corrected chi connectivity index (χ1v) is 10.00. The fourth-order valence-electron chi connectivity index (χ4n) is 3.38. The van der Waals surface area contributed by atoms with Gasteiger partial charge in [-0.1, -0.05) is 54.1 Å². The van der Waals surface area contributed by atoms with Crippen LogP contribution in [0.5, 0.6) is 5.75 Å². The number of ether oxygens (including phenoxy) is 1. The fourth-order valence-corrected chi connectivity index (χ4v) is 3.51. The zero-order valence-corrected chi connectivity index (χ0v) is 17.3. The lowest BCUT2D eigenvalue weighted by Gasteiger charge is -2.16. The lowest BCUT2D eigenvalue weighted by Crippen LogP contribution is -2.30. The summed E-state index contributed by atoms with van der Waals surface area (Å²) < 4.78 is 40.8. The number of urea groups is 1. The summed E-state index contributed by atoms with van der Waals surface area (Å²) in [5.41, 5.74) is 2.88. The van der Waals surface area contributed by atoms with Crippen molar-refractivity contribution in [2.45, 2.75) is 12.3 Å². The number of hydrogen-bond donors (Lipinski definition) is 1. The van der Waals surface area contributed by atoms with Gasteiger partial charge in [-0.25, -0.2) is 9.80 Å². The molecular formula is C23H17ClF3N3O2. The van der Waals surface area contributed by atoms with E-state index in [0.717, 1.165) is 29.0 Å². The Bertz CT molecular complexity index is 1120. The largest absolute Gasteiger partial charge is 0.573 e. The molecule has 0 radical (unpaired) electrons. The summed E-state index contributed by atoms with van der Waals surface area (Å²) in [6.45, 7) is 0.309. The van der Waals surface area contributed by atoms with Crippen molar-refractivity contribution in [3.8, 4) is 5.75 Å². The predicted octanol–water partition coefficient (Wildman–Crippen LogP) is 6.27. The second-order valence-electron chi connectivity index (χ2n) is 7.04. The summed E-state index contributed by atoms with van der Waals surface area (Å²) >= 11 is 6.00. The lowest BCUT2D eigenvalue weighted by molar-refractivity contribution is -0.274. The average molecular weight is 460 g/mol. The topological polar surface area (TPSA) is 53.9 Å². The van der Waals surface area contributed by atoms with E-state index in [4.69, 9.17) is 11.6 Å². The molecule has 0 aromatic heterocycles. The van der Waals surface area contributed by atoms with Crippen molar-refractivity contribution in [1.82, 2.24) is 5.01 Å². The molecule has 1 N–H and O–H groups in total. The third kappa shape index (κ3) is 5.20. The monoisotopic (exact) mass is 459 g/mol. The van der Waals surface area contributed by atoms with Gasteiger partial charge in [-0.3, -0.25) is 0 Å². The number of halogens is 4. The molecule has 1 aliphatic heterocycles. The molecule has 0 fully saturated rings. The summed E-state index contributed by atoms with van der Waals surface area (Å²) in [6.07, 6.45) is -4.78. The molecule has 1 atom stereocenters. The summed E-state index contributed by atoms with van der Waals surface area (Å²) in [5, 5.41) is 9.08. The van der Waals surface area contributed by atoms with Crippen molar-refractivity contribution in [3.05, 3.63) is 95.0 Å². The average Bonchev–Trinajstić information content (AvgIpc) is 3.21. The number of anilines is 1. The maximum Gasteiger partial charge on any atom is 0.573 e. The van der Waals surface area contributed by atoms with Gasteiger partial charge in [-0.15, -0.1) is 13.2 Å². The van der Waals surface area contributed by atoms with Gasteiger partial charge in [-0.2, -0.15) is 5.10 Å². The van der Waals surface area contributed by atoms with Gasteiger partial charge < -0.3 is 10.1 Å². The SMILES string of the molecule is O=C(Nc1ccc(OC(F)(F)F)cc1)N1CC(c2ccccc2)C(c2ccc(Cl)cc2)=N1. The predicted molar refractivity (Wildman–Crippen MR) is 116 cm³/mol. The summed E-state index contributed by atoms with van der Waals surface area (Å²) in [5.74, 6) is -0.519. The number of benzene rings is 3. The number of nitrogens with zero attached hydrogens (tertiary/aromatic N) is 2. The highest BCUT2D eigenvalue weighted by molar-refractivity contribution is 6.30. The molecule has 1 heterocycles. The number of nitrogens with one attached hydrogen (secondary N) is 1. The molecule has 0 spiro atoms. The highest BCUT2D eigenvalue weighted by atomic mass is 35.5. The molecule has 9 heteroatoms. The van der Waals surface area contributed by atoms with E-state index < -0.39 is 12.4 Å². The Labute approximate surface area is 187 Å². The summed E-state index contributed by atoms with van der Waals surface area (Å²) in [4.78, 5) is 12.8. The summed E-state index contributed by atoms with van der Waals surface area (Å²) in [6, 6.07) is 21.3. The molecule has 0 aliphatic carbocycles. The summed E-state index contributed by atoms with van der Waals surface area (Å²) in [7, 11) is 0. The fraction of sp³-hybridized carbons (Fsp3) is 0.130. The van der Waals surface area contributed by atoms with E-state index >= 15 is 0 Å². The van der Waals surface area contributed by atoms with Crippen LogP contribution in [0.3, 0.4) is 0 Å². The van der Waals surface area contributed by atoms with Crippen LogP contribution in [0.2, 0.25) is 5.02 Å². The van der Waals surface area contributed by atoms with Gasteiger partial charge in [0.05, 0.1) is 12.3 Å². The van der Waals surface area contributed by atoms with Crippen molar-refractivity contribution in [2.75, 3.05) is 11.9 Å². The second-order valence-corrected chi connectivity index (χ2v) is 7.48. The van der Waals surface area contributed by atoms with Crippen LogP contribution in [-0.4, -0.2) is 29.7 Å². The van der Waals surface area contributed by atoms with Crippen molar-refractivity contribution in [2.24, 2.45) is 5.10 Å². The van der Waals surface area contributed by atoms with E-state index in [-0.39, 0.29) is 11.7 Å². The second kappa shape index (κ2) is 8.92. The van der Waals surface area contributed by atoms with Gasteiger partial charge >= 0.3 is 12.4 Å². The van der Waals surface area contributed by atoms with E-state index in [2.05, 4.69) is 15.2 Å². The van der Waals surface area contributed by atoms with Crippen LogP contribution in [-0.2, 0) is 0 Å². The number of hydrogen-bond acceptors (Lipinski definition) is 3. The van der Waals surface area contributed by atoms with Crippen molar-refractivity contribution < 1.29 is 22.7 Å². The Kier molecular flexibility index (Phi) is 6.05. The Morgan fingerprint density at radius 3 is 2.28 bits per heavy atom. The van der Waals surface area contributed by atoms with Gasteiger partial charge in [0.2, 0.25) is 0 Å². The molecule has 3 aromatic carbocycles. The van der Waals surface area contributed by atoms with Crippen LogP contribution in [0.4, 0.5) is 23.7 Å². The molecular weight excluding hydrogens is 443 g/mol. The van der Waals surface area contributed by atoms with Crippen LogP contribution in [0.15, 0.2) is 84.0 Å². The van der Waals surface area contributed by atoms with Gasteiger partial charge in [0.15, 0.2) is 0 Å². The Hall–Kier alpha value is -3.52. The number of alkyl halides is 3. The normalized spacial score (nSPS) is 15.9. The number of amides is 2. The number of rotatable bonds is 4. The van der Waals surface area contributed by atoms with Crippen LogP contribution < -0.4 is 10.1 Å². The minimum absolute atomic E-state index is 0.148. The Morgan fingerprint density at radius 2 is 1.66 bits per heavy atom. The molecule has 0 saturated heterocycles. The van der Waals surface area contributed by atoms with E-state index in [9.17, 15) is 18.0 Å². The van der Waals surface area contributed by atoms with Gasteiger partial charge in [0.25, 0.3) is 0 Å². The molecule has 5 nitrogen and oxygen atoms in total. The van der Waals surface area contributed by atoms with E-state index in [1.807, 2.05) is 42.5 Å².